The molecule has 13 heavy (non-hydrogen) atoms. The normalized spacial score (nSPS) is 26.7. The summed E-state index contributed by atoms with van der Waals surface area (Å²) in [6.07, 6.45) is 1.66. The summed E-state index contributed by atoms with van der Waals surface area (Å²) in [5.74, 6) is -0.207. The molecule has 0 saturated carbocycles. The van der Waals surface area contributed by atoms with Gasteiger partial charge in [0.2, 0.25) is 5.91 Å². The maximum atomic E-state index is 11.4. The number of rotatable bonds is 0. The van der Waals surface area contributed by atoms with E-state index in [9.17, 15) is 9.59 Å². The molecule has 0 saturated heterocycles. The molecule has 0 aromatic carbocycles. The topological polar surface area (TPSA) is 74.1 Å². The fourth-order valence-corrected chi connectivity index (χ4v) is 1.15. The Labute approximate surface area is 74.3 Å². The first-order chi connectivity index (χ1) is 6.18. The van der Waals surface area contributed by atoms with Crippen LogP contribution in [0.2, 0.25) is 0 Å². The van der Waals surface area contributed by atoms with E-state index in [4.69, 9.17) is 0 Å². The molecule has 6 nitrogen and oxygen atoms in total. The second kappa shape index (κ2) is 2.65. The molecule has 1 atom stereocenters. The lowest BCUT2D eigenvalue weighted by molar-refractivity contribution is -0.127. The predicted molar refractivity (Wildman–Crippen MR) is 44.7 cm³/mol. The van der Waals surface area contributed by atoms with Crippen LogP contribution in [0.25, 0.3) is 0 Å². The van der Waals surface area contributed by atoms with Crippen molar-refractivity contribution in [1.82, 2.24) is 10.4 Å². The Morgan fingerprint density at radius 1 is 1.62 bits per heavy atom. The van der Waals surface area contributed by atoms with Crippen molar-refractivity contribution in [3.05, 3.63) is 0 Å². The average Bonchev–Trinajstić information content (AvgIpc) is 2.62. The van der Waals surface area contributed by atoms with Gasteiger partial charge in [-0.05, 0) is 6.92 Å². The molecule has 2 amide bonds. The number of carbonyl (C=O) groups excluding carboxylic acids is 2. The number of hydrogen-bond acceptors (Lipinski definition) is 4. The highest BCUT2D eigenvalue weighted by molar-refractivity contribution is 6.13. The van der Waals surface area contributed by atoms with E-state index >= 15 is 0 Å². The fraction of sp³-hybridized carbons (Fsp3) is 0.429. The largest absolute Gasteiger partial charge is 0.273 e. The maximum absolute atomic E-state index is 11.4. The first-order valence-corrected chi connectivity index (χ1v) is 3.92. The Balaban J connectivity index is 2.15. The van der Waals surface area contributed by atoms with Gasteiger partial charge in [0.15, 0.2) is 5.84 Å². The molecule has 0 fully saturated rings. The van der Waals surface area contributed by atoms with Crippen LogP contribution >= 0.6 is 0 Å². The summed E-state index contributed by atoms with van der Waals surface area (Å²) in [4.78, 5) is 22.2. The number of nitrogens with one attached hydrogen (secondary N) is 1. The van der Waals surface area contributed by atoms with E-state index in [1.54, 1.807) is 6.92 Å². The third-order valence-corrected chi connectivity index (χ3v) is 1.88. The summed E-state index contributed by atoms with van der Waals surface area (Å²) in [5.41, 5.74) is 2.26. The second-order valence-corrected chi connectivity index (χ2v) is 2.94. The Hall–Kier alpha value is -1.72. The van der Waals surface area contributed by atoms with E-state index in [-0.39, 0.29) is 24.2 Å². The summed E-state index contributed by atoms with van der Waals surface area (Å²) < 4.78 is 0. The number of hydrazone groups is 2. The zero-order chi connectivity index (χ0) is 9.42. The van der Waals surface area contributed by atoms with Gasteiger partial charge in [0, 0.05) is 6.21 Å². The van der Waals surface area contributed by atoms with Crippen LogP contribution in [0.4, 0.5) is 0 Å². The van der Waals surface area contributed by atoms with E-state index < -0.39 is 0 Å². The van der Waals surface area contributed by atoms with Crippen LogP contribution < -0.4 is 5.43 Å². The van der Waals surface area contributed by atoms with Crippen molar-refractivity contribution in [1.29, 1.82) is 0 Å². The molecule has 6 heteroatoms. The van der Waals surface area contributed by atoms with E-state index in [1.807, 2.05) is 0 Å². The third kappa shape index (κ3) is 1.20. The van der Waals surface area contributed by atoms with Gasteiger partial charge in [-0.3, -0.25) is 9.59 Å². The minimum atomic E-state index is -0.224. The molecular weight excluding hydrogens is 172 g/mol. The molecule has 0 aromatic heterocycles. The number of amides is 2. The van der Waals surface area contributed by atoms with E-state index in [2.05, 4.69) is 15.6 Å². The van der Waals surface area contributed by atoms with E-state index in [0.717, 1.165) is 0 Å². The van der Waals surface area contributed by atoms with Crippen molar-refractivity contribution in [2.45, 2.75) is 13.3 Å². The summed E-state index contributed by atoms with van der Waals surface area (Å²) in [5, 5.41) is 8.71. The van der Waals surface area contributed by atoms with Crippen molar-refractivity contribution in [2.75, 3.05) is 0 Å². The van der Waals surface area contributed by atoms with Crippen molar-refractivity contribution < 1.29 is 9.59 Å². The van der Waals surface area contributed by atoms with Gasteiger partial charge < -0.3 is 0 Å². The van der Waals surface area contributed by atoms with E-state index in [1.165, 1.54) is 11.2 Å². The zero-order valence-corrected chi connectivity index (χ0v) is 7.02. The summed E-state index contributed by atoms with van der Waals surface area (Å²) >= 11 is 0. The number of carbonyl (C=O) groups is 2. The molecule has 1 unspecified atom stereocenters. The third-order valence-electron chi connectivity index (χ3n) is 1.88. The summed E-state index contributed by atoms with van der Waals surface area (Å²) in [6.45, 7) is 1.75. The van der Waals surface area contributed by atoms with Crippen molar-refractivity contribution >= 4 is 23.9 Å². The zero-order valence-electron chi connectivity index (χ0n) is 7.02. The van der Waals surface area contributed by atoms with Crippen LogP contribution in [-0.4, -0.2) is 28.9 Å². The van der Waals surface area contributed by atoms with Crippen molar-refractivity contribution in [3.63, 3.8) is 0 Å². The van der Waals surface area contributed by atoms with Crippen molar-refractivity contribution in [2.24, 2.45) is 16.1 Å². The minimum absolute atomic E-state index is 0.121. The monoisotopic (exact) mass is 180 g/mol. The molecule has 0 bridgehead atoms. The van der Waals surface area contributed by atoms with Crippen molar-refractivity contribution in [3.8, 4) is 0 Å². The van der Waals surface area contributed by atoms with Gasteiger partial charge in [-0.1, -0.05) is 0 Å². The highest BCUT2D eigenvalue weighted by atomic mass is 16.2. The first-order valence-electron chi connectivity index (χ1n) is 3.92. The van der Waals surface area contributed by atoms with Gasteiger partial charge in [-0.2, -0.15) is 15.2 Å². The Bertz CT molecular complexity index is 333. The molecule has 0 aromatic rings. The standard InChI is InChI=1S/C7H8N4O2/c1-4-3-8-11(7(4)13)5-2-6(12)10-9-5/h3-4H,2H2,1H3,(H,10,12). The van der Waals surface area contributed by atoms with Gasteiger partial charge in [0.1, 0.15) is 0 Å². The summed E-state index contributed by atoms with van der Waals surface area (Å²) in [7, 11) is 0. The highest BCUT2D eigenvalue weighted by Gasteiger charge is 2.31. The lowest BCUT2D eigenvalue weighted by Gasteiger charge is -2.09. The molecule has 2 rings (SSSR count). The molecule has 2 aliphatic rings. The molecule has 0 radical (unpaired) electrons. The molecular formula is C7H8N4O2. The molecule has 2 aliphatic heterocycles. The van der Waals surface area contributed by atoms with Gasteiger partial charge in [0.05, 0.1) is 12.3 Å². The number of hydrogen-bond donors (Lipinski definition) is 1. The van der Waals surface area contributed by atoms with Crippen LogP contribution in [0.15, 0.2) is 10.2 Å². The van der Waals surface area contributed by atoms with Gasteiger partial charge >= 0.3 is 0 Å². The fourth-order valence-electron chi connectivity index (χ4n) is 1.15. The number of nitrogens with zero attached hydrogens (tertiary/aromatic N) is 3. The highest BCUT2D eigenvalue weighted by Crippen LogP contribution is 2.13. The average molecular weight is 180 g/mol. The second-order valence-electron chi connectivity index (χ2n) is 2.94. The molecule has 0 spiro atoms. The number of amidine groups is 1. The Morgan fingerprint density at radius 3 is 2.85 bits per heavy atom. The van der Waals surface area contributed by atoms with Gasteiger partial charge in [0.25, 0.3) is 5.91 Å². The Kier molecular flexibility index (Phi) is 1.61. The van der Waals surface area contributed by atoms with Crippen LogP contribution in [0.3, 0.4) is 0 Å². The van der Waals surface area contributed by atoms with Crippen LogP contribution in [0.1, 0.15) is 13.3 Å². The van der Waals surface area contributed by atoms with Gasteiger partial charge in [-0.15, -0.1) is 0 Å². The minimum Gasteiger partial charge on any atom is -0.273 e. The molecule has 2 heterocycles. The molecule has 0 aliphatic carbocycles. The predicted octanol–water partition coefficient (Wildman–Crippen LogP) is -0.716. The van der Waals surface area contributed by atoms with Crippen LogP contribution in [0.5, 0.6) is 0 Å². The smallest absolute Gasteiger partial charge is 0.256 e. The SMILES string of the molecule is CC1C=NN(C2=NNC(=O)C2)C1=O. The Morgan fingerprint density at radius 2 is 2.38 bits per heavy atom. The van der Waals surface area contributed by atoms with Crippen LogP contribution in [0, 0.1) is 5.92 Å². The van der Waals surface area contributed by atoms with E-state index in [0.29, 0.717) is 5.84 Å². The lowest BCUT2D eigenvalue weighted by Crippen LogP contribution is -2.30. The van der Waals surface area contributed by atoms with Crippen LogP contribution in [-0.2, 0) is 9.59 Å². The quantitative estimate of drug-likeness (QED) is 0.534. The molecule has 68 valence electrons. The van der Waals surface area contributed by atoms with Gasteiger partial charge in [-0.25, -0.2) is 5.43 Å². The maximum Gasteiger partial charge on any atom is 0.256 e. The first kappa shape index (κ1) is 7.90. The molecule has 1 N–H and O–H groups in total. The summed E-state index contributed by atoms with van der Waals surface area (Å²) in [6, 6.07) is 0. The lowest BCUT2D eigenvalue weighted by atomic mass is 10.2.